The van der Waals surface area contributed by atoms with E-state index in [1.165, 1.54) is 36.2 Å². The number of ether oxygens (including phenoxy) is 2. The zero-order valence-corrected chi connectivity index (χ0v) is 19.3. The molecular formula is C22H24ClN3O4S. The second kappa shape index (κ2) is 10.1. The van der Waals surface area contributed by atoms with Crippen LogP contribution in [-0.2, 0) is 9.59 Å². The minimum absolute atomic E-state index is 0.238. The molecule has 0 radical (unpaired) electrons. The lowest BCUT2D eigenvalue weighted by Gasteiger charge is -2.20. The third-order valence-electron chi connectivity index (χ3n) is 4.42. The fourth-order valence-electron chi connectivity index (χ4n) is 3.03. The van der Waals surface area contributed by atoms with Crippen molar-refractivity contribution in [2.24, 2.45) is 5.10 Å². The van der Waals surface area contributed by atoms with E-state index < -0.39 is 5.37 Å². The summed E-state index contributed by atoms with van der Waals surface area (Å²) in [4.78, 5) is 23.3. The summed E-state index contributed by atoms with van der Waals surface area (Å²) in [6.07, 6.45) is 0. The fourth-order valence-corrected chi connectivity index (χ4v) is 4.40. The standard InChI is InChI=1S/C22H24ClN3O4S/c1-13-5-7-19(14(2)11-13)29-9-10-30-20-8-6-17(12-18(20)23)21-26(16(4)28)25-22(31-21)24-15(3)27/h5-8,11-12,21H,9-10H2,1-4H3,(H,24,25,27)/t21-/m1/s1. The number of amides is 2. The van der Waals surface area contributed by atoms with Gasteiger partial charge in [-0.3, -0.25) is 9.59 Å². The molecule has 0 aromatic heterocycles. The maximum atomic E-state index is 12.0. The van der Waals surface area contributed by atoms with Crippen molar-refractivity contribution in [3.05, 3.63) is 58.1 Å². The average Bonchev–Trinajstić information content (AvgIpc) is 3.11. The molecule has 1 N–H and O–H groups in total. The Morgan fingerprint density at radius 3 is 2.39 bits per heavy atom. The molecule has 2 aromatic rings. The van der Waals surface area contributed by atoms with E-state index in [9.17, 15) is 9.59 Å². The van der Waals surface area contributed by atoms with Crippen LogP contribution in [0.1, 0.15) is 35.9 Å². The molecule has 1 heterocycles. The van der Waals surface area contributed by atoms with Crippen molar-refractivity contribution >= 4 is 40.3 Å². The van der Waals surface area contributed by atoms with Crippen LogP contribution in [0.3, 0.4) is 0 Å². The number of benzene rings is 2. The van der Waals surface area contributed by atoms with Crippen molar-refractivity contribution in [2.45, 2.75) is 33.1 Å². The summed E-state index contributed by atoms with van der Waals surface area (Å²) in [5.74, 6) is 0.862. The van der Waals surface area contributed by atoms with Crippen molar-refractivity contribution in [3.63, 3.8) is 0 Å². The number of rotatable bonds is 6. The zero-order valence-electron chi connectivity index (χ0n) is 17.8. The Labute approximate surface area is 190 Å². The lowest BCUT2D eigenvalue weighted by Crippen LogP contribution is -2.25. The molecule has 0 aliphatic carbocycles. The van der Waals surface area contributed by atoms with Crippen molar-refractivity contribution in [3.8, 4) is 11.5 Å². The molecule has 0 spiro atoms. The van der Waals surface area contributed by atoms with E-state index in [1.807, 2.05) is 32.0 Å². The molecule has 1 atom stereocenters. The number of hydrazone groups is 1. The van der Waals surface area contributed by atoms with Gasteiger partial charge >= 0.3 is 0 Å². The van der Waals surface area contributed by atoms with Gasteiger partial charge in [0.25, 0.3) is 0 Å². The van der Waals surface area contributed by atoms with Gasteiger partial charge in [0, 0.05) is 13.8 Å². The van der Waals surface area contributed by atoms with E-state index in [1.54, 1.807) is 12.1 Å². The van der Waals surface area contributed by atoms with Crippen molar-refractivity contribution in [2.75, 3.05) is 13.2 Å². The van der Waals surface area contributed by atoms with Crippen LogP contribution in [0.25, 0.3) is 0 Å². The number of amidine groups is 1. The van der Waals surface area contributed by atoms with Gasteiger partial charge in [0.05, 0.1) is 5.02 Å². The van der Waals surface area contributed by atoms with Crippen LogP contribution >= 0.6 is 23.4 Å². The molecule has 31 heavy (non-hydrogen) atoms. The molecule has 0 saturated carbocycles. The largest absolute Gasteiger partial charge is 0.490 e. The Morgan fingerprint density at radius 2 is 1.77 bits per heavy atom. The zero-order chi connectivity index (χ0) is 22.5. The quantitative estimate of drug-likeness (QED) is 0.644. The van der Waals surface area contributed by atoms with Crippen molar-refractivity contribution in [1.82, 2.24) is 10.3 Å². The van der Waals surface area contributed by atoms with Gasteiger partial charge in [-0.1, -0.05) is 47.1 Å². The van der Waals surface area contributed by atoms with Gasteiger partial charge in [-0.2, -0.15) is 0 Å². The summed E-state index contributed by atoms with van der Waals surface area (Å²) < 4.78 is 11.5. The third kappa shape index (κ3) is 5.92. The van der Waals surface area contributed by atoms with Crippen LogP contribution in [0.2, 0.25) is 5.02 Å². The van der Waals surface area contributed by atoms with Crippen LogP contribution in [0.4, 0.5) is 0 Å². The maximum absolute atomic E-state index is 12.0. The second-order valence-electron chi connectivity index (χ2n) is 7.08. The number of nitrogens with one attached hydrogen (secondary N) is 1. The van der Waals surface area contributed by atoms with Crippen LogP contribution in [0.5, 0.6) is 11.5 Å². The highest BCUT2D eigenvalue weighted by Crippen LogP contribution is 2.40. The highest BCUT2D eigenvalue weighted by atomic mass is 35.5. The van der Waals surface area contributed by atoms with Crippen LogP contribution in [0.15, 0.2) is 41.5 Å². The molecule has 0 bridgehead atoms. The van der Waals surface area contributed by atoms with Gasteiger partial charge < -0.3 is 14.8 Å². The molecule has 0 saturated heterocycles. The SMILES string of the molecule is CC(=O)NC1=NN(C(C)=O)[C@@H](c2ccc(OCCOc3ccc(C)cc3C)c(Cl)c2)S1. The first-order chi connectivity index (χ1) is 14.7. The van der Waals surface area contributed by atoms with Gasteiger partial charge in [0.2, 0.25) is 11.8 Å². The molecule has 2 amide bonds. The molecule has 0 fully saturated rings. The smallest absolute Gasteiger partial charge is 0.241 e. The van der Waals surface area contributed by atoms with Crippen molar-refractivity contribution in [1.29, 1.82) is 0 Å². The molecule has 9 heteroatoms. The van der Waals surface area contributed by atoms with E-state index >= 15 is 0 Å². The van der Waals surface area contributed by atoms with Gasteiger partial charge in [-0.25, -0.2) is 5.01 Å². The number of hydrogen-bond acceptors (Lipinski definition) is 6. The number of hydrogen-bond donors (Lipinski definition) is 1. The van der Waals surface area contributed by atoms with Crippen LogP contribution < -0.4 is 14.8 Å². The van der Waals surface area contributed by atoms with Crippen molar-refractivity contribution < 1.29 is 19.1 Å². The molecule has 1 aliphatic rings. The first-order valence-electron chi connectivity index (χ1n) is 9.69. The lowest BCUT2D eigenvalue weighted by atomic mass is 10.1. The van der Waals surface area contributed by atoms with Gasteiger partial charge in [0.15, 0.2) is 5.17 Å². The van der Waals surface area contributed by atoms with Crippen LogP contribution in [0, 0.1) is 13.8 Å². The minimum Gasteiger partial charge on any atom is -0.490 e. The summed E-state index contributed by atoms with van der Waals surface area (Å²) in [5, 5.41) is 8.48. The van der Waals surface area contributed by atoms with Crippen LogP contribution in [-0.4, -0.2) is 35.2 Å². The molecule has 3 rings (SSSR count). The molecule has 0 unspecified atom stereocenters. The van der Waals surface area contributed by atoms with E-state index in [0.29, 0.717) is 29.2 Å². The topological polar surface area (TPSA) is 80.2 Å². The normalized spacial score (nSPS) is 15.5. The monoisotopic (exact) mass is 461 g/mol. The number of aryl methyl sites for hydroxylation is 2. The first kappa shape index (κ1) is 23.0. The predicted molar refractivity (Wildman–Crippen MR) is 122 cm³/mol. The van der Waals surface area contributed by atoms with Gasteiger partial charge in [0.1, 0.15) is 30.1 Å². The lowest BCUT2D eigenvalue weighted by molar-refractivity contribution is -0.129. The molecule has 164 valence electrons. The molecule has 7 nitrogen and oxygen atoms in total. The van der Waals surface area contributed by atoms with E-state index in [0.717, 1.165) is 16.9 Å². The Bertz CT molecular complexity index is 1030. The number of carbonyl (C=O) groups is 2. The number of carbonyl (C=O) groups excluding carboxylic acids is 2. The molecule has 2 aromatic carbocycles. The molecular weight excluding hydrogens is 438 g/mol. The Balaban J connectivity index is 1.60. The first-order valence-corrected chi connectivity index (χ1v) is 11.0. The van der Waals surface area contributed by atoms with Gasteiger partial charge in [-0.05, 0) is 43.2 Å². The predicted octanol–water partition coefficient (Wildman–Crippen LogP) is 4.42. The Morgan fingerprint density at radius 1 is 1.10 bits per heavy atom. The van der Waals surface area contributed by atoms with Gasteiger partial charge in [-0.15, -0.1) is 5.10 Å². The number of halogens is 1. The second-order valence-corrected chi connectivity index (χ2v) is 8.55. The van der Waals surface area contributed by atoms with E-state index in [-0.39, 0.29) is 11.8 Å². The molecule has 1 aliphatic heterocycles. The third-order valence-corrected chi connectivity index (χ3v) is 5.82. The summed E-state index contributed by atoms with van der Waals surface area (Å²) in [7, 11) is 0. The minimum atomic E-state index is -0.418. The Kier molecular flexibility index (Phi) is 7.46. The van der Waals surface area contributed by atoms with E-state index in [4.69, 9.17) is 21.1 Å². The number of thioether (sulfide) groups is 1. The number of nitrogens with zero attached hydrogens (tertiary/aromatic N) is 2. The summed E-state index contributed by atoms with van der Waals surface area (Å²) in [6, 6.07) is 11.3. The maximum Gasteiger partial charge on any atom is 0.241 e. The van der Waals surface area contributed by atoms with E-state index in [2.05, 4.69) is 16.5 Å². The highest BCUT2D eigenvalue weighted by Gasteiger charge is 2.32. The summed E-state index contributed by atoms with van der Waals surface area (Å²) in [6.45, 7) is 7.57. The summed E-state index contributed by atoms with van der Waals surface area (Å²) in [5.41, 5.74) is 3.03. The summed E-state index contributed by atoms with van der Waals surface area (Å²) >= 11 is 7.68. The average molecular weight is 462 g/mol. The highest BCUT2D eigenvalue weighted by molar-refractivity contribution is 8.14. The fraction of sp³-hybridized carbons (Fsp3) is 0.318. The Hall–Kier alpha value is -2.71.